The number of halogens is 5. The van der Waals surface area contributed by atoms with E-state index in [0.29, 0.717) is 0 Å². The van der Waals surface area contributed by atoms with Crippen molar-refractivity contribution in [1.29, 1.82) is 0 Å². The van der Waals surface area contributed by atoms with Gasteiger partial charge in [-0.1, -0.05) is 11.6 Å². The van der Waals surface area contributed by atoms with Crippen molar-refractivity contribution in [2.24, 2.45) is 0 Å². The number of nitrogen functional groups attached to an aromatic ring is 1. The van der Waals surface area contributed by atoms with Gasteiger partial charge in [0.2, 0.25) is 0 Å². The number of pyridine rings is 1. The number of carboxylic acid groups (broad SMARTS) is 1. The third-order valence-corrected chi connectivity index (χ3v) is 4.31. The first-order valence-electron chi connectivity index (χ1n) is 6.09. The summed E-state index contributed by atoms with van der Waals surface area (Å²) in [7, 11) is 0. The number of ether oxygens (including phenoxy) is 2. The summed E-state index contributed by atoms with van der Waals surface area (Å²) in [5.41, 5.74) is 3.23. The molecule has 2 heterocycles. The molecule has 2 aromatic rings. The third-order valence-electron chi connectivity index (χ3n) is 3.08. The molecule has 24 heavy (non-hydrogen) atoms. The van der Waals surface area contributed by atoms with Crippen molar-refractivity contribution in [3.05, 3.63) is 32.2 Å². The number of hydrogen-bond donors (Lipinski definition) is 2. The number of rotatable bonds is 2. The Morgan fingerprint density at radius 1 is 1.33 bits per heavy atom. The maximum absolute atomic E-state index is 14.4. The van der Waals surface area contributed by atoms with Crippen LogP contribution in [0.25, 0.3) is 11.3 Å². The molecule has 6 nitrogen and oxygen atoms in total. The highest BCUT2D eigenvalue weighted by Crippen LogP contribution is 2.50. The quantitative estimate of drug-likeness (QED) is 0.647. The zero-order valence-electron chi connectivity index (χ0n) is 11.2. The number of alkyl halides is 2. The van der Waals surface area contributed by atoms with Gasteiger partial charge in [0.15, 0.2) is 23.0 Å². The Labute approximate surface area is 150 Å². The lowest BCUT2D eigenvalue weighted by Gasteiger charge is -2.11. The van der Waals surface area contributed by atoms with E-state index in [1.165, 1.54) is 12.1 Å². The monoisotopic (exact) mass is 472 g/mol. The number of nitrogens with zero attached hydrogens (tertiary/aromatic N) is 1. The van der Waals surface area contributed by atoms with Crippen LogP contribution in [0.2, 0.25) is 5.02 Å². The summed E-state index contributed by atoms with van der Waals surface area (Å²) < 4.78 is 50.2. The van der Waals surface area contributed by atoms with Gasteiger partial charge in [-0.15, -0.1) is 8.78 Å². The van der Waals surface area contributed by atoms with Gasteiger partial charge in [0.25, 0.3) is 0 Å². The van der Waals surface area contributed by atoms with Crippen LogP contribution in [0.3, 0.4) is 0 Å². The molecule has 0 spiro atoms. The fraction of sp³-hybridized carbons (Fsp3) is 0.0769. The molecular formula is C13H5ClF3IN2O4. The standard InChI is InChI=1S/C13H5ClF3IN2O4/c14-5-7(19)6(15)8(20-9(5)12(21)22)3-1-2-4(18)11-10(3)23-13(16,17)24-11/h1-2H,(H2,19,20)(H,21,22). The molecule has 0 bridgehead atoms. The van der Waals surface area contributed by atoms with E-state index < -0.39 is 45.9 Å². The predicted molar refractivity (Wildman–Crippen MR) is 84.9 cm³/mol. The maximum atomic E-state index is 14.4. The molecular weight excluding hydrogens is 468 g/mol. The van der Waals surface area contributed by atoms with E-state index in [4.69, 9.17) is 22.4 Å². The Morgan fingerprint density at radius 2 is 1.96 bits per heavy atom. The van der Waals surface area contributed by atoms with Gasteiger partial charge < -0.3 is 20.3 Å². The lowest BCUT2D eigenvalue weighted by Crippen LogP contribution is -2.26. The molecule has 3 N–H and O–H groups in total. The Kier molecular flexibility index (Phi) is 3.91. The van der Waals surface area contributed by atoms with Crippen LogP contribution in [0.1, 0.15) is 10.5 Å². The number of nitrogens with two attached hydrogens (primary N) is 1. The van der Waals surface area contributed by atoms with E-state index in [1.807, 2.05) is 0 Å². The van der Waals surface area contributed by atoms with Crippen molar-refractivity contribution in [1.82, 2.24) is 4.98 Å². The normalized spacial score (nSPS) is 14.7. The molecule has 0 radical (unpaired) electrons. The molecule has 1 aromatic carbocycles. The molecule has 126 valence electrons. The number of aromatic carboxylic acids is 1. The highest BCUT2D eigenvalue weighted by atomic mass is 127. The van der Waals surface area contributed by atoms with Crippen molar-refractivity contribution in [3.8, 4) is 22.8 Å². The average Bonchev–Trinajstić information content (AvgIpc) is 2.82. The number of anilines is 1. The minimum absolute atomic E-state index is 0.244. The minimum Gasteiger partial charge on any atom is -0.476 e. The molecule has 0 aliphatic carbocycles. The molecule has 0 saturated carbocycles. The van der Waals surface area contributed by atoms with E-state index in [9.17, 15) is 18.0 Å². The third kappa shape index (κ3) is 2.59. The van der Waals surface area contributed by atoms with Gasteiger partial charge in [0.1, 0.15) is 5.69 Å². The summed E-state index contributed by atoms with van der Waals surface area (Å²) in [6.45, 7) is 0. The summed E-state index contributed by atoms with van der Waals surface area (Å²) in [6, 6.07) is 2.58. The van der Waals surface area contributed by atoms with Crippen LogP contribution in [-0.2, 0) is 0 Å². The van der Waals surface area contributed by atoms with Gasteiger partial charge in [0.05, 0.1) is 14.3 Å². The van der Waals surface area contributed by atoms with E-state index in [0.717, 1.165) is 0 Å². The topological polar surface area (TPSA) is 94.7 Å². The zero-order valence-corrected chi connectivity index (χ0v) is 14.2. The van der Waals surface area contributed by atoms with Crippen molar-refractivity contribution in [2.75, 3.05) is 5.73 Å². The smallest absolute Gasteiger partial charge is 0.476 e. The molecule has 0 saturated heterocycles. The second-order valence-corrected chi connectivity index (χ2v) is 6.12. The van der Waals surface area contributed by atoms with Gasteiger partial charge in [-0.3, -0.25) is 0 Å². The van der Waals surface area contributed by atoms with E-state index in [1.54, 1.807) is 22.6 Å². The Morgan fingerprint density at radius 3 is 2.58 bits per heavy atom. The molecule has 0 amide bonds. The van der Waals surface area contributed by atoms with Crippen molar-refractivity contribution in [2.45, 2.75) is 6.29 Å². The first-order valence-corrected chi connectivity index (χ1v) is 7.54. The molecule has 1 aliphatic rings. The first-order chi connectivity index (χ1) is 11.1. The second-order valence-electron chi connectivity index (χ2n) is 4.58. The molecule has 0 unspecified atom stereocenters. The van der Waals surface area contributed by atoms with E-state index >= 15 is 0 Å². The van der Waals surface area contributed by atoms with Crippen LogP contribution in [0.4, 0.5) is 18.9 Å². The van der Waals surface area contributed by atoms with Crippen LogP contribution >= 0.6 is 34.2 Å². The van der Waals surface area contributed by atoms with Crippen molar-refractivity contribution < 1.29 is 32.5 Å². The Balaban J connectivity index is 2.30. The van der Waals surface area contributed by atoms with Crippen LogP contribution < -0.4 is 15.2 Å². The highest BCUT2D eigenvalue weighted by Gasteiger charge is 2.46. The summed E-state index contributed by atoms with van der Waals surface area (Å²) in [4.78, 5) is 14.7. The number of carboxylic acids is 1. The molecule has 0 fully saturated rings. The molecule has 0 atom stereocenters. The minimum atomic E-state index is -3.94. The van der Waals surface area contributed by atoms with E-state index in [2.05, 4.69) is 14.5 Å². The number of aromatic nitrogens is 1. The largest absolute Gasteiger partial charge is 0.586 e. The van der Waals surface area contributed by atoms with Gasteiger partial charge in [-0.2, -0.15) is 0 Å². The lowest BCUT2D eigenvalue weighted by molar-refractivity contribution is -0.286. The summed E-state index contributed by atoms with van der Waals surface area (Å²) in [5.74, 6) is -3.51. The Hall–Kier alpha value is -1.95. The van der Waals surface area contributed by atoms with Crippen molar-refractivity contribution in [3.63, 3.8) is 0 Å². The second kappa shape index (κ2) is 5.55. The summed E-state index contributed by atoms with van der Waals surface area (Å²) in [5, 5.41) is 8.48. The average molecular weight is 473 g/mol. The van der Waals surface area contributed by atoms with Crippen molar-refractivity contribution >= 4 is 45.8 Å². The molecule has 11 heteroatoms. The summed E-state index contributed by atoms with van der Waals surface area (Å²) in [6.07, 6.45) is -3.94. The highest BCUT2D eigenvalue weighted by molar-refractivity contribution is 14.1. The SMILES string of the molecule is Nc1c(F)c(-c2ccc(I)c3c2OC(F)(F)O3)nc(C(=O)O)c1Cl. The maximum Gasteiger partial charge on any atom is 0.586 e. The molecule has 3 rings (SSSR count). The zero-order chi connectivity index (χ0) is 17.8. The predicted octanol–water partition coefficient (Wildman–Crippen LogP) is 3.75. The molecule has 1 aromatic heterocycles. The van der Waals surface area contributed by atoms with Crippen LogP contribution in [0.15, 0.2) is 12.1 Å². The fourth-order valence-electron chi connectivity index (χ4n) is 2.06. The van der Waals surface area contributed by atoms with E-state index in [-0.39, 0.29) is 14.9 Å². The summed E-state index contributed by atoms with van der Waals surface area (Å²) >= 11 is 7.38. The molecule has 1 aliphatic heterocycles. The number of fused-ring (bicyclic) bond motifs is 1. The van der Waals surface area contributed by atoms with Gasteiger partial charge in [0, 0.05) is 5.56 Å². The van der Waals surface area contributed by atoms with Crippen LogP contribution in [-0.4, -0.2) is 22.4 Å². The Bertz CT molecular complexity index is 894. The number of carbonyl (C=O) groups is 1. The number of benzene rings is 1. The van der Waals surface area contributed by atoms with Crippen LogP contribution in [0.5, 0.6) is 11.5 Å². The van der Waals surface area contributed by atoms with Crippen LogP contribution in [0, 0.1) is 9.39 Å². The van der Waals surface area contributed by atoms with Gasteiger partial charge >= 0.3 is 12.3 Å². The first kappa shape index (κ1) is 16.9. The lowest BCUT2D eigenvalue weighted by atomic mass is 10.1. The van der Waals surface area contributed by atoms with Gasteiger partial charge in [-0.05, 0) is 34.7 Å². The van der Waals surface area contributed by atoms with Gasteiger partial charge in [-0.25, -0.2) is 14.2 Å². The number of hydrogen-bond acceptors (Lipinski definition) is 5. The fourth-order valence-corrected chi connectivity index (χ4v) is 2.80.